The van der Waals surface area contributed by atoms with E-state index in [0.29, 0.717) is 37.7 Å². The van der Waals surface area contributed by atoms with Gasteiger partial charge in [-0.2, -0.15) is 13.2 Å². The third kappa shape index (κ3) is 4.71. The van der Waals surface area contributed by atoms with Crippen molar-refractivity contribution in [2.45, 2.75) is 18.5 Å². The molecular weight excluding hydrogens is 459 g/mol. The minimum Gasteiger partial charge on any atom is -0.425 e. The number of aromatic nitrogens is 1. The summed E-state index contributed by atoms with van der Waals surface area (Å²) in [5.41, 5.74) is 1.60. The van der Waals surface area contributed by atoms with E-state index in [4.69, 9.17) is 4.74 Å². The van der Waals surface area contributed by atoms with Crippen molar-refractivity contribution in [3.63, 3.8) is 0 Å². The number of alkyl halides is 3. The molecule has 1 aromatic heterocycles. The third-order valence-corrected chi connectivity index (χ3v) is 6.35. The molecule has 2 aliphatic rings. The number of ether oxygens (including phenoxy) is 1. The Morgan fingerprint density at radius 3 is 2.40 bits per heavy atom. The Hall–Kier alpha value is -3.88. The van der Waals surface area contributed by atoms with Crippen LogP contribution in [0, 0.1) is 0 Å². The average molecular weight is 481 g/mol. The minimum atomic E-state index is -4.42. The summed E-state index contributed by atoms with van der Waals surface area (Å²) in [6, 6.07) is 17.1. The highest BCUT2D eigenvalue weighted by atomic mass is 19.4. The first-order valence-electron chi connectivity index (χ1n) is 11.2. The Labute approximate surface area is 199 Å². The molecule has 2 aromatic carbocycles. The summed E-state index contributed by atoms with van der Waals surface area (Å²) < 4.78 is 43.7. The van der Waals surface area contributed by atoms with Crippen molar-refractivity contribution in [2.75, 3.05) is 31.1 Å². The molecule has 1 unspecified atom stereocenters. The summed E-state index contributed by atoms with van der Waals surface area (Å²) in [4.78, 5) is 33.0. The van der Waals surface area contributed by atoms with Gasteiger partial charge in [-0.15, -0.1) is 0 Å². The van der Waals surface area contributed by atoms with Crippen molar-refractivity contribution in [3.05, 3.63) is 89.1 Å². The molecule has 1 fully saturated rings. The molecule has 35 heavy (non-hydrogen) atoms. The number of halogens is 3. The second-order valence-corrected chi connectivity index (χ2v) is 8.58. The van der Waals surface area contributed by atoms with Crippen molar-refractivity contribution >= 4 is 17.7 Å². The molecule has 0 saturated carbocycles. The van der Waals surface area contributed by atoms with E-state index >= 15 is 0 Å². The highest BCUT2D eigenvalue weighted by molar-refractivity contribution is 5.90. The maximum atomic E-state index is 13.0. The van der Waals surface area contributed by atoms with Crippen molar-refractivity contribution in [1.82, 2.24) is 9.88 Å². The van der Waals surface area contributed by atoms with Gasteiger partial charge in [-0.3, -0.25) is 9.59 Å². The van der Waals surface area contributed by atoms with Crippen LogP contribution in [0.5, 0.6) is 5.75 Å². The number of pyridine rings is 1. The molecule has 0 radical (unpaired) electrons. The highest BCUT2D eigenvalue weighted by Gasteiger charge is 2.35. The Kier molecular flexibility index (Phi) is 5.92. The van der Waals surface area contributed by atoms with Crippen LogP contribution in [0.1, 0.15) is 28.2 Å². The molecule has 0 N–H and O–H groups in total. The van der Waals surface area contributed by atoms with Gasteiger partial charge in [0.25, 0.3) is 0 Å². The number of esters is 1. The van der Waals surface area contributed by atoms with E-state index in [1.165, 1.54) is 6.07 Å². The molecule has 0 spiro atoms. The van der Waals surface area contributed by atoms with E-state index in [0.717, 1.165) is 29.0 Å². The third-order valence-electron chi connectivity index (χ3n) is 6.35. The number of benzene rings is 2. The highest BCUT2D eigenvalue weighted by Crippen LogP contribution is 2.39. The predicted molar refractivity (Wildman–Crippen MR) is 122 cm³/mol. The number of carbonyl (C=O) groups is 2. The summed E-state index contributed by atoms with van der Waals surface area (Å²) in [5.74, 6) is 0.0771. The van der Waals surface area contributed by atoms with Crippen molar-refractivity contribution < 1.29 is 27.5 Å². The smallest absolute Gasteiger partial charge is 0.417 e. The fourth-order valence-corrected chi connectivity index (χ4v) is 4.49. The van der Waals surface area contributed by atoms with Gasteiger partial charge in [0.05, 0.1) is 12.0 Å². The van der Waals surface area contributed by atoms with Gasteiger partial charge in [-0.1, -0.05) is 42.5 Å². The van der Waals surface area contributed by atoms with Gasteiger partial charge in [-0.05, 0) is 29.3 Å². The van der Waals surface area contributed by atoms with Crippen molar-refractivity contribution in [1.29, 1.82) is 0 Å². The number of fused-ring (bicyclic) bond motifs is 1. The number of carbonyl (C=O) groups excluding carboxylic acids is 2. The van der Waals surface area contributed by atoms with E-state index < -0.39 is 17.7 Å². The van der Waals surface area contributed by atoms with Crippen molar-refractivity contribution in [2.24, 2.45) is 0 Å². The van der Waals surface area contributed by atoms with Gasteiger partial charge in [0.15, 0.2) is 0 Å². The molecule has 5 rings (SSSR count). The Morgan fingerprint density at radius 2 is 1.74 bits per heavy atom. The van der Waals surface area contributed by atoms with Crippen LogP contribution in [0.25, 0.3) is 0 Å². The van der Waals surface area contributed by atoms with Gasteiger partial charge in [0, 0.05) is 37.9 Å². The number of rotatable bonds is 4. The van der Waals surface area contributed by atoms with Crippen LogP contribution in [-0.2, 0) is 22.2 Å². The molecule has 2 aliphatic heterocycles. The van der Waals surface area contributed by atoms with E-state index in [1.54, 1.807) is 17.0 Å². The monoisotopic (exact) mass is 481 g/mol. The number of hydrogen-bond acceptors (Lipinski definition) is 5. The van der Waals surface area contributed by atoms with Crippen LogP contribution in [0.15, 0.2) is 66.9 Å². The summed E-state index contributed by atoms with van der Waals surface area (Å²) in [6.45, 7) is 1.85. The minimum absolute atomic E-state index is 0.0496. The number of anilines is 1. The van der Waals surface area contributed by atoms with Crippen LogP contribution >= 0.6 is 0 Å². The first-order chi connectivity index (χ1) is 16.8. The van der Waals surface area contributed by atoms with E-state index in [-0.39, 0.29) is 18.3 Å². The number of nitrogens with zero attached hydrogens (tertiary/aromatic N) is 3. The lowest BCUT2D eigenvalue weighted by molar-refractivity contribution is -0.138. The molecule has 0 aliphatic carbocycles. The quantitative estimate of drug-likeness (QED) is 0.416. The van der Waals surface area contributed by atoms with Gasteiger partial charge in [0.1, 0.15) is 17.5 Å². The molecule has 1 saturated heterocycles. The van der Waals surface area contributed by atoms with Gasteiger partial charge >= 0.3 is 12.1 Å². The lowest BCUT2D eigenvalue weighted by Gasteiger charge is -2.35. The van der Waals surface area contributed by atoms with Crippen molar-refractivity contribution in [3.8, 4) is 5.75 Å². The molecule has 3 heterocycles. The van der Waals surface area contributed by atoms with Gasteiger partial charge in [-0.25, -0.2) is 4.98 Å². The normalized spacial score (nSPS) is 17.8. The SMILES string of the molecule is O=C1Oc2ccc(CC(=O)N3CCN(c4ccc(C(F)(F)F)cn4)CC3)cc2C1c1ccccc1. The zero-order valence-electron chi connectivity index (χ0n) is 18.7. The molecule has 6 nitrogen and oxygen atoms in total. The first-order valence-corrected chi connectivity index (χ1v) is 11.2. The number of piperazine rings is 1. The van der Waals surface area contributed by atoms with Crippen LogP contribution in [0.2, 0.25) is 0 Å². The Morgan fingerprint density at radius 1 is 1.00 bits per heavy atom. The second kappa shape index (κ2) is 9.05. The average Bonchev–Trinajstić information content (AvgIpc) is 3.19. The predicted octanol–water partition coefficient (Wildman–Crippen LogP) is 4.04. The van der Waals surface area contributed by atoms with Crippen LogP contribution < -0.4 is 9.64 Å². The van der Waals surface area contributed by atoms with Crippen LogP contribution in [0.3, 0.4) is 0 Å². The number of amides is 1. The topological polar surface area (TPSA) is 62.7 Å². The van der Waals surface area contributed by atoms with Crippen LogP contribution in [-0.4, -0.2) is 47.9 Å². The zero-order valence-corrected chi connectivity index (χ0v) is 18.7. The van der Waals surface area contributed by atoms with Crippen LogP contribution in [0.4, 0.5) is 19.0 Å². The Balaban J connectivity index is 1.22. The summed E-state index contributed by atoms with van der Waals surface area (Å²) in [5, 5.41) is 0. The number of hydrogen-bond donors (Lipinski definition) is 0. The second-order valence-electron chi connectivity index (χ2n) is 8.58. The molecule has 1 atom stereocenters. The molecule has 3 aromatic rings. The van der Waals surface area contributed by atoms with Gasteiger partial charge in [0.2, 0.25) is 5.91 Å². The van der Waals surface area contributed by atoms with E-state index in [9.17, 15) is 22.8 Å². The molecule has 0 bridgehead atoms. The fraction of sp³-hybridized carbons (Fsp3) is 0.269. The largest absolute Gasteiger partial charge is 0.425 e. The zero-order chi connectivity index (χ0) is 24.6. The first kappa shape index (κ1) is 22.9. The lowest BCUT2D eigenvalue weighted by Crippen LogP contribution is -2.49. The van der Waals surface area contributed by atoms with E-state index in [2.05, 4.69) is 4.98 Å². The fourth-order valence-electron chi connectivity index (χ4n) is 4.49. The molecule has 1 amide bonds. The van der Waals surface area contributed by atoms with E-state index in [1.807, 2.05) is 41.3 Å². The summed E-state index contributed by atoms with van der Waals surface area (Å²) in [7, 11) is 0. The summed E-state index contributed by atoms with van der Waals surface area (Å²) in [6.07, 6.45) is -3.41. The molecule has 180 valence electrons. The standard InChI is InChI=1S/C26H22F3N3O3/c27-26(28,29)19-7-9-22(30-16-19)31-10-12-32(13-11-31)23(33)15-17-6-8-21-20(14-17)24(25(34)35-21)18-4-2-1-3-5-18/h1-9,14,16,24H,10-13,15H2. The molecule has 9 heteroatoms. The Bertz CT molecular complexity index is 1240. The molecular formula is C26H22F3N3O3. The maximum Gasteiger partial charge on any atom is 0.417 e. The summed E-state index contributed by atoms with van der Waals surface area (Å²) >= 11 is 0. The van der Waals surface area contributed by atoms with Gasteiger partial charge < -0.3 is 14.5 Å². The maximum absolute atomic E-state index is 13.0. The lowest BCUT2D eigenvalue weighted by atomic mass is 9.91.